The summed E-state index contributed by atoms with van der Waals surface area (Å²) in [4.78, 5) is 17.4. The third-order valence-electron chi connectivity index (χ3n) is 3.40. The highest BCUT2D eigenvalue weighted by Gasteiger charge is 2.11. The van der Waals surface area contributed by atoms with Gasteiger partial charge in [-0.25, -0.2) is 4.79 Å². The number of aromatic carboxylic acids is 1. The number of nitrogens with zero attached hydrogens (tertiary/aromatic N) is 2. The van der Waals surface area contributed by atoms with Crippen molar-refractivity contribution in [2.45, 2.75) is 0 Å². The van der Waals surface area contributed by atoms with Crippen molar-refractivity contribution >= 4 is 35.0 Å². The molecule has 0 unspecified atom stereocenters. The van der Waals surface area contributed by atoms with Crippen molar-refractivity contribution < 1.29 is 9.90 Å². The quantitative estimate of drug-likeness (QED) is 0.883. The predicted molar refractivity (Wildman–Crippen MR) is 81.0 cm³/mol. The van der Waals surface area contributed by atoms with E-state index in [9.17, 15) is 4.79 Å². The number of hydrogen-bond donors (Lipinski definition) is 2. The van der Waals surface area contributed by atoms with Gasteiger partial charge in [0, 0.05) is 43.4 Å². The van der Waals surface area contributed by atoms with Gasteiger partial charge in [0.05, 0.1) is 11.1 Å². The van der Waals surface area contributed by atoms with E-state index in [0.717, 1.165) is 42.8 Å². The van der Waals surface area contributed by atoms with Gasteiger partial charge < -0.3 is 15.3 Å². The number of rotatable bonds is 2. The van der Waals surface area contributed by atoms with Gasteiger partial charge in [-0.3, -0.25) is 4.98 Å². The fourth-order valence-corrected chi connectivity index (χ4v) is 2.35. The second kappa shape index (κ2) is 6.07. The minimum absolute atomic E-state index is 0. The Hall–Kier alpha value is -1.85. The fourth-order valence-electron chi connectivity index (χ4n) is 2.35. The molecule has 3 rings (SSSR count). The maximum Gasteiger partial charge on any atom is 0.337 e. The number of pyridine rings is 1. The van der Waals surface area contributed by atoms with Crippen LogP contribution in [0.15, 0.2) is 30.5 Å². The van der Waals surface area contributed by atoms with Gasteiger partial charge >= 0.3 is 5.97 Å². The lowest BCUT2D eigenvalue weighted by Crippen LogP contribution is -2.43. The number of fused-ring (bicyclic) bond motifs is 1. The van der Waals surface area contributed by atoms with Gasteiger partial charge in [0.15, 0.2) is 0 Å². The van der Waals surface area contributed by atoms with Crippen molar-refractivity contribution in [3.8, 4) is 0 Å². The molecule has 106 valence electrons. The molecule has 2 heterocycles. The molecule has 0 spiro atoms. The lowest BCUT2D eigenvalue weighted by Gasteiger charge is -2.29. The summed E-state index contributed by atoms with van der Waals surface area (Å²) >= 11 is 0. The zero-order valence-corrected chi connectivity index (χ0v) is 11.7. The van der Waals surface area contributed by atoms with Crippen LogP contribution in [-0.2, 0) is 0 Å². The van der Waals surface area contributed by atoms with Crippen LogP contribution in [0.25, 0.3) is 10.9 Å². The molecule has 20 heavy (non-hydrogen) atoms. The highest BCUT2D eigenvalue weighted by molar-refractivity contribution is 5.93. The molecule has 0 bridgehead atoms. The average Bonchev–Trinajstić information content (AvgIpc) is 2.47. The van der Waals surface area contributed by atoms with Crippen molar-refractivity contribution in [1.29, 1.82) is 0 Å². The molecule has 0 atom stereocenters. The maximum absolute atomic E-state index is 10.9. The number of carboxylic acid groups (broad SMARTS) is 1. The van der Waals surface area contributed by atoms with E-state index in [4.69, 9.17) is 5.11 Å². The summed E-state index contributed by atoms with van der Waals surface area (Å²) in [6, 6.07) is 7.64. The molecular formula is C14H16ClN3O2. The summed E-state index contributed by atoms with van der Waals surface area (Å²) in [5.41, 5.74) is 2.20. The lowest BCUT2D eigenvalue weighted by molar-refractivity contribution is 0.0696. The molecule has 1 aromatic heterocycles. The Morgan fingerprint density at radius 3 is 2.70 bits per heavy atom. The summed E-state index contributed by atoms with van der Waals surface area (Å²) in [6.45, 7) is 3.95. The summed E-state index contributed by atoms with van der Waals surface area (Å²) in [5, 5.41) is 13.1. The number of anilines is 1. The lowest BCUT2D eigenvalue weighted by atomic mass is 10.1. The number of carboxylic acids is 1. The van der Waals surface area contributed by atoms with Crippen LogP contribution in [0.2, 0.25) is 0 Å². The highest BCUT2D eigenvalue weighted by Crippen LogP contribution is 2.21. The second-order valence-corrected chi connectivity index (χ2v) is 4.64. The first kappa shape index (κ1) is 14.6. The van der Waals surface area contributed by atoms with Crippen molar-refractivity contribution in [2.75, 3.05) is 31.1 Å². The van der Waals surface area contributed by atoms with Crippen LogP contribution < -0.4 is 10.2 Å². The molecule has 0 aliphatic carbocycles. The van der Waals surface area contributed by atoms with E-state index in [1.54, 1.807) is 6.07 Å². The van der Waals surface area contributed by atoms with Gasteiger partial charge in [-0.1, -0.05) is 6.07 Å². The highest BCUT2D eigenvalue weighted by atomic mass is 35.5. The summed E-state index contributed by atoms with van der Waals surface area (Å²) in [7, 11) is 0. The van der Waals surface area contributed by atoms with Crippen LogP contribution in [0, 0.1) is 0 Å². The largest absolute Gasteiger partial charge is 0.478 e. The topological polar surface area (TPSA) is 65.5 Å². The molecule has 1 aliphatic rings. The van der Waals surface area contributed by atoms with Crippen molar-refractivity contribution in [3.63, 3.8) is 0 Å². The first-order valence-electron chi connectivity index (χ1n) is 6.33. The molecule has 6 heteroatoms. The first-order chi connectivity index (χ1) is 9.24. The van der Waals surface area contributed by atoms with E-state index in [-0.39, 0.29) is 18.0 Å². The van der Waals surface area contributed by atoms with Crippen LogP contribution >= 0.6 is 12.4 Å². The van der Waals surface area contributed by atoms with E-state index in [2.05, 4.69) is 15.2 Å². The van der Waals surface area contributed by atoms with Crippen molar-refractivity contribution in [2.24, 2.45) is 0 Å². The van der Waals surface area contributed by atoms with Gasteiger partial charge in [-0.15, -0.1) is 12.4 Å². The van der Waals surface area contributed by atoms with Gasteiger partial charge in [-0.05, 0) is 18.2 Å². The molecule has 5 nitrogen and oxygen atoms in total. The monoisotopic (exact) mass is 293 g/mol. The molecule has 0 saturated carbocycles. The molecular weight excluding hydrogens is 278 g/mol. The molecule has 2 N–H and O–H groups in total. The molecule has 0 amide bonds. The van der Waals surface area contributed by atoms with Crippen LogP contribution in [0.5, 0.6) is 0 Å². The molecule has 0 radical (unpaired) electrons. The van der Waals surface area contributed by atoms with Crippen LogP contribution in [0.4, 0.5) is 5.69 Å². The number of benzene rings is 1. The zero-order chi connectivity index (χ0) is 13.2. The number of piperazine rings is 1. The normalized spacial score (nSPS) is 14.9. The van der Waals surface area contributed by atoms with Gasteiger partial charge in [0.25, 0.3) is 0 Å². The molecule has 1 aromatic carbocycles. The third kappa shape index (κ3) is 2.84. The summed E-state index contributed by atoms with van der Waals surface area (Å²) in [5.74, 6) is -0.944. The van der Waals surface area contributed by atoms with E-state index in [1.807, 2.05) is 18.2 Å². The van der Waals surface area contributed by atoms with Crippen molar-refractivity contribution in [1.82, 2.24) is 10.3 Å². The SMILES string of the molecule is Cl.O=C(O)c1cnc2cc(N3CCNCC3)ccc2c1. The van der Waals surface area contributed by atoms with E-state index < -0.39 is 5.97 Å². The smallest absolute Gasteiger partial charge is 0.337 e. The number of halogens is 1. The van der Waals surface area contributed by atoms with Crippen LogP contribution in [-0.4, -0.2) is 42.2 Å². The summed E-state index contributed by atoms with van der Waals surface area (Å²) in [6.07, 6.45) is 1.41. The Labute approximate surface area is 123 Å². The first-order valence-corrected chi connectivity index (χ1v) is 6.33. The van der Waals surface area contributed by atoms with Gasteiger partial charge in [0.2, 0.25) is 0 Å². The van der Waals surface area contributed by atoms with Crippen molar-refractivity contribution in [3.05, 3.63) is 36.0 Å². The number of nitrogens with one attached hydrogen (secondary N) is 1. The fraction of sp³-hybridized carbons (Fsp3) is 0.286. The Morgan fingerprint density at radius 1 is 1.25 bits per heavy atom. The van der Waals surface area contributed by atoms with Crippen LogP contribution in [0.1, 0.15) is 10.4 Å². The average molecular weight is 294 g/mol. The standard InChI is InChI=1S/C14H15N3O2.ClH/c18-14(19)11-7-10-1-2-12(8-13(10)16-9-11)17-5-3-15-4-6-17;/h1-2,7-9,15H,3-6H2,(H,18,19);1H. The Morgan fingerprint density at radius 2 is 2.00 bits per heavy atom. The summed E-state index contributed by atoms with van der Waals surface area (Å²) < 4.78 is 0. The van der Waals surface area contributed by atoms with Gasteiger partial charge in [-0.2, -0.15) is 0 Å². The Balaban J connectivity index is 0.00000147. The maximum atomic E-state index is 10.9. The third-order valence-corrected chi connectivity index (χ3v) is 3.40. The molecule has 1 saturated heterocycles. The van der Waals surface area contributed by atoms with Crippen LogP contribution in [0.3, 0.4) is 0 Å². The van der Waals surface area contributed by atoms with E-state index in [1.165, 1.54) is 6.20 Å². The predicted octanol–water partition coefficient (Wildman–Crippen LogP) is 1.76. The van der Waals surface area contributed by atoms with Gasteiger partial charge in [0.1, 0.15) is 0 Å². The van der Waals surface area contributed by atoms with E-state index >= 15 is 0 Å². The molecule has 1 aliphatic heterocycles. The van der Waals surface area contributed by atoms with E-state index in [0.29, 0.717) is 0 Å². The number of carbonyl (C=O) groups is 1. The minimum Gasteiger partial charge on any atom is -0.478 e. The Bertz CT molecular complexity index is 627. The Kier molecular flexibility index (Phi) is 4.42. The number of aromatic nitrogens is 1. The molecule has 2 aromatic rings. The number of hydrogen-bond acceptors (Lipinski definition) is 4. The second-order valence-electron chi connectivity index (χ2n) is 4.64. The minimum atomic E-state index is -0.944. The zero-order valence-electron chi connectivity index (χ0n) is 10.9. The molecule has 1 fully saturated rings.